The van der Waals surface area contributed by atoms with E-state index < -0.39 is 0 Å². The Morgan fingerprint density at radius 3 is 2.95 bits per heavy atom. The molecule has 0 fully saturated rings. The molecule has 4 rings (SSSR count). The number of ether oxygens (including phenoxy) is 1. The molecular weight excluding hydrogens is 262 g/mol. The van der Waals surface area contributed by atoms with Crippen molar-refractivity contribution < 1.29 is 9.84 Å². The minimum absolute atomic E-state index is 0.425. The summed E-state index contributed by atoms with van der Waals surface area (Å²) >= 11 is 0. The summed E-state index contributed by atoms with van der Waals surface area (Å²) in [5.41, 5.74) is 5.20. The van der Waals surface area contributed by atoms with Gasteiger partial charge in [-0.3, -0.25) is 4.90 Å². The minimum Gasteiger partial charge on any atom is -0.508 e. The van der Waals surface area contributed by atoms with Gasteiger partial charge < -0.3 is 9.84 Å². The monoisotopic (exact) mass is 281 g/mol. The molecule has 2 aromatic rings. The summed E-state index contributed by atoms with van der Waals surface area (Å²) in [5, 5.41) is 10.1. The van der Waals surface area contributed by atoms with Gasteiger partial charge in [-0.05, 0) is 47.7 Å². The van der Waals surface area contributed by atoms with Gasteiger partial charge in [0, 0.05) is 24.7 Å². The minimum atomic E-state index is 0.425. The zero-order valence-corrected chi connectivity index (χ0v) is 12.2. The van der Waals surface area contributed by atoms with Crippen LogP contribution in [0, 0.1) is 0 Å². The van der Waals surface area contributed by atoms with Gasteiger partial charge in [-0.2, -0.15) is 0 Å². The number of hydrogen-bond acceptors (Lipinski definition) is 3. The lowest BCUT2D eigenvalue weighted by Crippen LogP contribution is -2.39. The van der Waals surface area contributed by atoms with Crippen LogP contribution >= 0.6 is 0 Å². The molecule has 2 aliphatic heterocycles. The largest absolute Gasteiger partial charge is 0.508 e. The molecular formula is C18H19NO2. The Kier molecular flexibility index (Phi) is 2.89. The summed E-state index contributed by atoms with van der Waals surface area (Å²) in [6, 6.07) is 12.7. The average Bonchev–Trinajstić information content (AvgIpc) is 2.53. The maximum atomic E-state index is 10.1. The molecule has 2 heterocycles. The summed E-state index contributed by atoms with van der Waals surface area (Å²) in [6.07, 6.45) is 2.02. The Morgan fingerprint density at radius 1 is 1.19 bits per heavy atom. The second-order valence-corrected chi connectivity index (χ2v) is 5.92. The Balaban J connectivity index is 1.75. The molecule has 3 heteroatoms. The molecule has 1 unspecified atom stereocenters. The van der Waals surface area contributed by atoms with E-state index in [-0.39, 0.29) is 0 Å². The maximum absolute atomic E-state index is 10.1. The second kappa shape index (κ2) is 4.78. The van der Waals surface area contributed by atoms with E-state index in [9.17, 15) is 5.11 Å². The van der Waals surface area contributed by atoms with E-state index in [4.69, 9.17) is 4.74 Å². The molecule has 0 saturated carbocycles. The fraction of sp³-hybridized carbons (Fsp3) is 0.333. The van der Waals surface area contributed by atoms with E-state index in [0.29, 0.717) is 11.8 Å². The third-order valence-corrected chi connectivity index (χ3v) is 4.84. The van der Waals surface area contributed by atoms with Crippen LogP contribution in [0.25, 0.3) is 0 Å². The first-order valence-corrected chi connectivity index (χ1v) is 7.47. The van der Waals surface area contributed by atoms with Gasteiger partial charge in [-0.25, -0.2) is 0 Å². The summed E-state index contributed by atoms with van der Waals surface area (Å²) in [7, 11) is 1.72. The standard InChI is InChI=1S/C18H19NO2/c1-21-14-5-6-15-13(9-14)7-8-19-11-16-12(10-17(15)19)3-2-4-18(16)20/h2-6,9,17,20H,7-8,10-11H2,1H3. The Labute approximate surface area is 124 Å². The Morgan fingerprint density at radius 2 is 2.10 bits per heavy atom. The molecule has 108 valence electrons. The van der Waals surface area contributed by atoms with Crippen molar-refractivity contribution in [3.05, 3.63) is 58.7 Å². The average molecular weight is 281 g/mol. The van der Waals surface area contributed by atoms with Crippen molar-refractivity contribution in [2.45, 2.75) is 25.4 Å². The molecule has 0 saturated heterocycles. The molecule has 3 nitrogen and oxygen atoms in total. The van der Waals surface area contributed by atoms with Crippen LogP contribution in [0.5, 0.6) is 11.5 Å². The number of aromatic hydroxyl groups is 1. The molecule has 2 aliphatic rings. The van der Waals surface area contributed by atoms with Crippen LogP contribution in [0.15, 0.2) is 36.4 Å². The van der Waals surface area contributed by atoms with Gasteiger partial charge in [-0.15, -0.1) is 0 Å². The molecule has 0 bridgehead atoms. The predicted molar refractivity (Wildman–Crippen MR) is 81.7 cm³/mol. The van der Waals surface area contributed by atoms with Gasteiger partial charge in [-0.1, -0.05) is 18.2 Å². The Bertz CT molecular complexity index is 696. The quantitative estimate of drug-likeness (QED) is 0.872. The van der Waals surface area contributed by atoms with Gasteiger partial charge in [0.2, 0.25) is 0 Å². The van der Waals surface area contributed by atoms with E-state index >= 15 is 0 Å². The van der Waals surface area contributed by atoms with Crippen molar-refractivity contribution in [3.63, 3.8) is 0 Å². The third kappa shape index (κ3) is 2.00. The zero-order chi connectivity index (χ0) is 14.4. The van der Waals surface area contributed by atoms with Gasteiger partial charge >= 0.3 is 0 Å². The predicted octanol–water partition coefficient (Wildman–Crippen LogP) is 3.06. The van der Waals surface area contributed by atoms with Crippen molar-refractivity contribution in [1.29, 1.82) is 0 Å². The van der Waals surface area contributed by atoms with Crippen LogP contribution in [0.3, 0.4) is 0 Å². The van der Waals surface area contributed by atoms with Crippen molar-refractivity contribution >= 4 is 0 Å². The smallest absolute Gasteiger partial charge is 0.120 e. The highest BCUT2D eigenvalue weighted by Gasteiger charge is 2.32. The summed E-state index contributed by atoms with van der Waals surface area (Å²) in [5.74, 6) is 1.38. The Hall–Kier alpha value is -2.00. The van der Waals surface area contributed by atoms with E-state index in [0.717, 1.165) is 37.2 Å². The lowest BCUT2D eigenvalue weighted by Gasteiger charge is -2.41. The lowest BCUT2D eigenvalue weighted by atomic mass is 9.84. The first-order chi connectivity index (χ1) is 10.3. The highest BCUT2D eigenvalue weighted by molar-refractivity contribution is 5.45. The molecule has 2 aromatic carbocycles. The van der Waals surface area contributed by atoms with E-state index in [2.05, 4.69) is 29.2 Å². The van der Waals surface area contributed by atoms with Crippen molar-refractivity contribution in [3.8, 4) is 11.5 Å². The molecule has 0 aliphatic carbocycles. The normalized spacial score (nSPS) is 20.3. The zero-order valence-electron chi connectivity index (χ0n) is 12.2. The molecule has 0 aromatic heterocycles. The van der Waals surface area contributed by atoms with Crippen LogP contribution < -0.4 is 4.74 Å². The highest BCUT2D eigenvalue weighted by Crippen LogP contribution is 2.40. The fourth-order valence-electron chi connectivity index (χ4n) is 3.70. The SMILES string of the molecule is COc1ccc2c(c1)CCN1Cc3c(O)cccc3CC21. The van der Waals surface area contributed by atoms with Crippen molar-refractivity contribution in [2.24, 2.45) is 0 Å². The number of hydrogen-bond donors (Lipinski definition) is 1. The van der Waals surface area contributed by atoms with E-state index in [1.165, 1.54) is 16.7 Å². The molecule has 0 amide bonds. The number of methoxy groups -OCH3 is 1. The number of fused-ring (bicyclic) bond motifs is 4. The molecule has 1 N–H and O–H groups in total. The second-order valence-electron chi connectivity index (χ2n) is 5.92. The lowest BCUT2D eigenvalue weighted by molar-refractivity contribution is 0.158. The van der Waals surface area contributed by atoms with Crippen LogP contribution in [0.1, 0.15) is 28.3 Å². The van der Waals surface area contributed by atoms with Gasteiger partial charge in [0.05, 0.1) is 7.11 Å². The number of phenols is 1. The topological polar surface area (TPSA) is 32.7 Å². The first-order valence-electron chi connectivity index (χ1n) is 7.47. The van der Waals surface area contributed by atoms with E-state index in [1.807, 2.05) is 6.07 Å². The van der Waals surface area contributed by atoms with E-state index in [1.54, 1.807) is 13.2 Å². The number of rotatable bonds is 1. The summed E-state index contributed by atoms with van der Waals surface area (Å²) in [6.45, 7) is 1.89. The van der Waals surface area contributed by atoms with Gasteiger partial charge in [0.15, 0.2) is 0 Å². The third-order valence-electron chi connectivity index (χ3n) is 4.84. The molecule has 1 atom stereocenters. The van der Waals surface area contributed by atoms with Crippen LogP contribution in [-0.4, -0.2) is 23.7 Å². The summed E-state index contributed by atoms with van der Waals surface area (Å²) < 4.78 is 5.34. The van der Waals surface area contributed by atoms with Gasteiger partial charge in [0.25, 0.3) is 0 Å². The number of phenolic OH excluding ortho intramolecular Hbond substituents is 1. The van der Waals surface area contributed by atoms with Gasteiger partial charge in [0.1, 0.15) is 11.5 Å². The maximum Gasteiger partial charge on any atom is 0.120 e. The first kappa shape index (κ1) is 12.7. The number of benzene rings is 2. The fourth-order valence-corrected chi connectivity index (χ4v) is 3.70. The van der Waals surface area contributed by atoms with Crippen LogP contribution in [-0.2, 0) is 19.4 Å². The molecule has 0 spiro atoms. The molecule has 0 radical (unpaired) electrons. The van der Waals surface area contributed by atoms with Crippen LogP contribution in [0.2, 0.25) is 0 Å². The highest BCUT2D eigenvalue weighted by atomic mass is 16.5. The van der Waals surface area contributed by atoms with Crippen LogP contribution in [0.4, 0.5) is 0 Å². The number of nitrogens with zero attached hydrogens (tertiary/aromatic N) is 1. The summed E-state index contributed by atoms with van der Waals surface area (Å²) in [4.78, 5) is 2.48. The van der Waals surface area contributed by atoms with Crippen molar-refractivity contribution in [1.82, 2.24) is 4.90 Å². The van der Waals surface area contributed by atoms with Crippen molar-refractivity contribution in [2.75, 3.05) is 13.7 Å². The molecule has 21 heavy (non-hydrogen) atoms.